The van der Waals surface area contributed by atoms with Gasteiger partial charge in [-0.15, -0.1) is 0 Å². The van der Waals surface area contributed by atoms with Crippen molar-refractivity contribution >= 4 is 17.6 Å². The molecule has 146 valence electrons. The molecule has 28 heavy (non-hydrogen) atoms. The smallest absolute Gasteiger partial charge is 0.338 e. The first-order valence-corrected chi connectivity index (χ1v) is 8.94. The predicted octanol–water partition coefficient (Wildman–Crippen LogP) is 3.54. The van der Waals surface area contributed by atoms with Crippen LogP contribution in [-0.2, 0) is 9.53 Å². The molecular formula is C21H22N2O5. The number of hydrogen-bond acceptors (Lipinski definition) is 6. The van der Waals surface area contributed by atoms with Gasteiger partial charge >= 0.3 is 5.97 Å². The van der Waals surface area contributed by atoms with Crippen molar-refractivity contribution in [3.8, 4) is 17.6 Å². The average Bonchev–Trinajstić information content (AvgIpc) is 2.71. The molecule has 7 heteroatoms. The summed E-state index contributed by atoms with van der Waals surface area (Å²) in [5.41, 5.74) is 1.13. The lowest BCUT2D eigenvalue weighted by Crippen LogP contribution is -2.21. The van der Waals surface area contributed by atoms with E-state index in [-0.39, 0.29) is 5.56 Å². The van der Waals surface area contributed by atoms with Crippen molar-refractivity contribution in [1.82, 2.24) is 0 Å². The molecular weight excluding hydrogens is 360 g/mol. The second kappa shape index (κ2) is 10.6. The molecule has 0 aliphatic rings. The Morgan fingerprint density at radius 3 is 2.61 bits per heavy atom. The fourth-order valence-electron chi connectivity index (χ4n) is 2.31. The largest absolute Gasteiger partial charge is 0.490 e. The molecule has 0 atom stereocenters. The standard InChI is InChI=1S/C21H22N2O5/c1-3-10-27-18-9-8-16(12-19(18)26-4-2)21(25)28-14-20(24)23-17-7-5-6-15(11-17)13-22/h5-9,11-12H,3-4,10,14H2,1-2H3,(H,23,24). The van der Waals surface area contributed by atoms with E-state index in [0.29, 0.717) is 36.0 Å². The minimum Gasteiger partial charge on any atom is -0.490 e. The molecule has 0 spiro atoms. The summed E-state index contributed by atoms with van der Waals surface area (Å²) in [6.07, 6.45) is 0.849. The number of nitrogens with zero attached hydrogens (tertiary/aromatic N) is 1. The number of nitriles is 1. The number of esters is 1. The molecule has 0 saturated heterocycles. The highest BCUT2D eigenvalue weighted by atomic mass is 16.5. The van der Waals surface area contributed by atoms with E-state index in [1.807, 2.05) is 19.9 Å². The zero-order valence-corrected chi connectivity index (χ0v) is 15.9. The molecule has 0 aromatic heterocycles. The molecule has 0 bridgehead atoms. The van der Waals surface area contributed by atoms with E-state index in [1.54, 1.807) is 30.3 Å². The lowest BCUT2D eigenvalue weighted by Gasteiger charge is -2.13. The van der Waals surface area contributed by atoms with Crippen LogP contribution in [0.3, 0.4) is 0 Å². The van der Waals surface area contributed by atoms with Crippen LogP contribution >= 0.6 is 0 Å². The Morgan fingerprint density at radius 2 is 1.89 bits per heavy atom. The lowest BCUT2D eigenvalue weighted by molar-refractivity contribution is -0.119. The summed E-state index contributed by atoms with van der Waals surface area (Å²) in [7, 11) is 0. The molecule has 0 heterocycles. The molecule has 0 saturated carbocycles. The second-order valence-electron chi connectivity index (χ2n) is 5.76. The quantitative estimate of drug-likeness (QED) is 0.666. The first-order chi connectivity index (χ1) is 13.6. The second-order valence-corrected chi connectivity index (χ2v) is 5.76. The Hall–Kier alpha value is -3.53. The van der Waals surface area contributed by atoms with E-state index >= 15 is 0 Å². The highest BCUT2D eigenvalue weighted by Crippen LogP contribution is 2.29. The van der Waals surface area contributed by atoms with Crippen molar-refractivity contribution in [3.05, 3.63) is 53.6 Å². The summed E-state index contributed by atoms with van der Waals surface area (Å²) in [6.45, 7) is 4.34. The van der Waals surface area contributed by atoms with Crippen LogP contribution in [0.1, 0.15) is 36.2 Å². The Bertz CT molecular complexity index is 873. The van der Waals surface area contributed by atoms with Crippen molar-refractivity contribution in [3.63, 3.8) is 0 Å². The van der Waals surface area contributed by atoms with E-state index < -0.39 is 18.5 Å². The van der Waals surface area contributed by atoms with E-state index in [0.717, 1.165) is 6.42 Å². The molecule has 2 aromatic carbocycles. The van der Waals surface area contributed by atoms with Gasteiger partial charge in [0.25, 0.3) is 5.91 Å². The van der Waals surface area contributed by atoms with E-state index in [2.05, 4.69) is 5.32 Å². The number of hydrogen-bond donors (Lipinski definition) is 1. The number of amides is 1. The Morgan fingerprint density at radius 1 is 1.07 bits per heavy atom. The van der Waals surface area contributed by atoms with E-state index in [1.165, 1.54) is 12.1 Å². The average molecular weight is 382 g/mol. The summed E-state index contributed by atoms with van der Waals surface area (Å²) in [5.74, 6) is -0.154. The maximum Gasteiger partial charge on any atom is 0.338 e. The first kappa shape index (κ1) is 20.8. The maximum absolute atomic E-state index is 12.2. The summed E-state index contributed by atoms with van der Waals surface area (Å²) in [5, 5.41) is 11.5. The van der Waals surface area contributed by atoms with Crippen molar-refractivity contribution in [2.75, 3.05) is 25.1 Å². The van der Waals surface area contributed by atoms with Gasteiger partial charge in [0.05, 0.1) is 30.4 Å². The van der Waals surface area contributed by atoms with Crippen molar-refractivity contribution in [1.29, 1.82) is 5.26 Å². The van der Waals surface area contributed by atoms with Gasteiger partial charge in [-0.3, -0.25) is 4.79 Å². The molecule has 1 amide bonds. The van der Waals surface area contributed by atoms with Crippen LogP contribution in [0, 0.1) is 11.3 Å². The minimum absolute atomic E-state index is 0.256. The number of nitrogens with one attached hydrogen (secondary N) is 1. The lowest BCUT2D eigenvalue weighted by atomic mass is 10.2. The zero-order chi connectivity index (χ0) is 20.4. The van der Waals surface area contributed by atoms with Gasteiger partial charge < -0.3 is 19.5 Å². The monoisotopic (exact) mass is 382 g/mol. The van der Waals surface area contributed by atoms with Gasteiger partial charge in [0.1, 0.15) is 0 Å². The van der Waals surface area contributed by atoms with Gasteiger partial charge in [-0.05, 0) is 49.7 Å². The van der Waals surface area contributed by atoms with Gasteiger partial charge in [0, 0.05) is 5.69 Å². The van der Waals surface area contributed by atoms with Crippen molar-refractivity contribution in [2.45, 2.75) is 20.3 Å². The Labute approximate surface area is 163 Å². The van der Waals surface area contributed by atoms with Crippen molar-refractivity contribution < 1.29 is 23.8 Å². The van der Waals surface area contributed by atoms with Crippen LogP contribution in [0.5, 0.6) is 11.5 Å². The summed E-state index contributed by atoms with van der Waals surface area (Å²) >= 11 is 0. The first-order valence-electron chi connectivity index (χ1n) is 8.94. The molecule has 0 unspecified atom stereocenters. The number of carbonyl (C=O) groups excluding carboxylic acids is 2. The summed E-state index contributed by atoms with van der Waals surface area (Å²) in [6, 6.07) is 13.2. The number of ether oxygens (including phenoxy) is 3. The number of carbonyl (C=O) groups is 2. The third kappa shape index (κ3) is 6.02. The molecule has 7 nitrogen and oxygen atoms in total. The number of rotatable bonds is 9. The fraction of sp³-hybridized carbons (Fsp3) is 0.286. The van der Waals surface area contributed by atoms with Gasteiger partial charge in [-0.1, -0.05) is 13.0 Å². The van der Waals surface area contributed by atoms with Crippen LogP contribution in [0.4, 0.5) is 5.69 Å². The maximum atomic E-state index is 12.2. The summed E-state index contributed by atoms with van der Waals surface area (Å²) in [4.78, 5) is 24.2. The van der Waals surface area contributed by atoms with Crippen LogP contribution < -0.4 is 14.8 Å². The highest BCUT2D eigenvalue weighted by Gasteiger charge is 2.14. The number of anilines is 1. The number of benzene rings is 2. The fourth-order valence-corrected chi connectivity index (χ4v) is 2.31. The van der Waals surface area contributed by atoms with Crippen LogP contribution in [-0.4, -0.2) is 31.7 Å². The van der Waals surface area contributed by atoms with E-state index in [9.17, 15) is 9.59 Å². The molecule has 0 radical (unpaired) electrons. The predicted molar refractivity (Wildman–Crippen MR) is 103 cm³/mol. The molecule has 0 aliphatic carbocycles. The molecule has 0 aliphatic heterocycles. The Kier molecular flexibility index (Phi) is 7.85. The molecule has 2 aromatic rings. The zero-order valence-electron chi connectivity index (χ0n) is 15.9. The topological polar surface area (TPSA) is 97.6 Å². The SMILES string of the molecule is CCCOc1ccc(C(=O)OCC(=O)Nc2cccc(C#N)c2)cc1OCC. The molecule has 0 fully saturated rings. The Balaban J connectivity index is 1.97. The summed E-state index contributed by atoms with van der Waals surface area (Å²) < 4.78 is 16.2. The normalized spacial score (nSPS) is 9.89. The third-order valence-electron chi connectivity index (χ3n) is 3.55. The van der Waals surface area contributed by atoms with Gasteiger partial charge in [0.2, 0.25) is 0 Å². The van der Waals surface area contributed by atoms with Gasteiger partial charge in [-0.2, -0.15) is 5.26 Å². The highest BCUT2D eigenvalue weighted by molar-refractivity contribution is 5.95. The van der Waals surface area contributed by atoms with Gasteiger partial charge in [0.15, 0.2) is 18.1 Å². The molecule has 2 rings (SSSR count). The van der Waals surface area contributed by atoms with E-state index in [4.69, 9.17) is 19.5 Å². The molecule has 1 N–H and O–H groups in total. The third-order valence-corrected chi connectivity index (χ3v) is 3.55. The van der Waals surface area contributed by atoms with Crippen LogP contribution in [0.2, 0.25) is 0 Å². The van der Waals surface area contributed by atoms with Crippen LogP contribution in [0.15, 0.2) is 42.5 Å². The van der Waals surface area contributed by atoms with Crippen molar-refractivity contribution in [2.24, 2.45) is 0 Å². The van der Waals surface area contributed by atoms with Gasteiger partial charge in [-0.25, -0.2) is 4.79 Å². The van der Waals surface area contributed by atoms with Crippen LogP contribution in [0.25, 0.3) is 0 Å². The minimum atomic E-state index is -0.649.